The number of unbranched alkanes of at least 4 members (excludes halogenated alkanes) is 1. The predicted molar refractivity (Wildman–Crippen MR) is 113 cm³/mol. The van der Waals surface area contributed by atoms with Crippen LogP contribution in [0.25, 0.3) is 11.1 Å². The molecular weight excluding hydrogens is 430 g/mol. The van der Waals surface area contributed by atoms with Gasteiger partial charge in [0.05, 0.1) is 23.3 Å². The highest BCUT2D eigenvalue weighted by molar-refractivity contribution is 7.92. The summed E-state index contributed by atoms with van der Waals surface area (Å²) in [5.41, 5.74) is 6.91. The number of rotatable bonds is 6. The SMILES string of the molecule is COC(=O)CCCC#Cc1cc(Cl)ccc1NS(=O)(=O)c1ccc2nc(N)oc2c1. The van der Waals surface area contributed by atoms with Crippen LogP contribution in [0, 0.1) is 11.8 Å². The Bertz CT molecular complexity index is 1260. The molecule has 0 bridgehead atoms. The van der Waals surface area contributed by atoms with Crippen molar-refractivity contribution < 1.29 is 22.4 Å². The van der Waals surface area contributed by atoms with Crippen LogP contribution >= 0.6 is 11.6 Å². The molecule has 0 spiro atoms. The van der Waals surface area contributed by atoms with Crippen molar-refractivity contribution in [2.45, 2.75) is 24.2 Å². The van der Waals surface area contributed by atoms with Crippen LogP contribution in [0.1, 0.15) is 24.8 Å². The lowest BCUT2D eigenvalue weighted by Gasteiger charge is -2.10. The number of aromatic nitrogens is 1. The molecule has 0 amide bonds. The van der Waals surface area contributed by atoms with Crippen LogP contribution in [0.5, 0.6) is 0 Å². The fourth-order valence-corrected chi connectivity index (χ4v) is 3.85. The molecule has 156 valence electrons. The summed E-state index contributed by atoms with van der Waals surface area (Å²) in [7, 11) is -2.60. The molecule has 0 saturated carbocycles. The number of benzene rings is 2. The Hall–Kier alpha value is -3.22. The predicted octanol–water partition coefficient (Wildman–Crippen LogP) is 3.56. The summed E-state index contributed by atoms with van der Waals surface area (Å²) < 4.78 is 38.0. The van der Waals surface area contributed by atoms with Gasteiger partial charge < -0.3 is 14.9 Å². The van der Waals surface area contributed by atoms with Crippen LogP contribution in [0.15, 0.2) is 45.7 Å². The number of nitrogens with zero attached hydrogens (tertiary/aromatic N) is 1. The fourth-order valence-electron chi connectivity index (χ4n) is 2.58. The Labute approximate surface area is 178 Å². The molecule has 3 N–H and O–H groups in total. The smallest absolute Gasteiger partial charge is 0.305 e. The number of ether oxygens (including phenoxy) is 1. The van der Waals surface area contributed by atoms with Gasteiger partial charge in [-0.2, -0.15) is 4.98 Å². The number of halogens is 1. The molecular formula is C20H18ClN3O5S. The third kappa shape index (κ3) is 5.23. The van der Waals surface area contributed by atoms with Crippen molar-refractivity contribution in [3.05, 3.63) is 47.0 Å². The minimum atomic E-state index is -3.93. The summed E-state index contributed by atoms with van der Waals surface area (Å²) in [4.78, 5) is 15.1. The summed E-state index contributed by atoms with van der Waals surface area (Å²) >= 11 is 6.04. The van der Waals surface area contributed by atoms with E-state index in [0.29, 0.717) is 28.9 Å². The Morgan fingerprint density at radius 3 is 2.87 bits per heavy atom. The maximum atomic E-state index is 12.8. The summed E-state index contributed by atoms with van der Waals surface area (Å²) in [6.45, 7) is 0. The molecule has 0 saturated heterocycles. The second kappa shape index (κ2) is 9.07. The highest BCUT2D eigenvalue weighted by atomic mass is 35.5. The number of nitrogens with two attached hydrogens (primary N) is 1. The lowest BCUT2D eigenvalue weighted by Crippen LogP contribution is -2.13. The number of anilines is 2. The van der Waals surface area contributed by atoms with Crippen LogP contribution in [-0.4, -0.2) is 26.5 Å². The molecule has 1 aromatic heterocycles. The van der Waals surface area contributed by atoms with Crippen molar-refractivity contribution in [2.24, 2.45) is 0 Å². The molecule has 3 aromatic rings. The van der Waals surface area contributed by atoms with E-state index in [4.69, 9.17) is 21.8 Å². The molecule has 2 aromatic carbocycles. The molecule has 10 heteroatoms. The third-order valence-electron chi connectivity index (χ3n) is 4.05. The second-order valence-electron chi connectivity index (χ2n) is 6.21. The number of esters is 1. The van der Waals surface area contributed by atoms with Gasteiger partial charge in [-0.3, -0.25) is 9.52 Å². The normalized spacial score (nSPS) is 11.0. The van der Waals surface area contributed by atoms with Gasteiger partial charge in [-0.25, -0.2) is 8.42 Å². The van der Waals surface area contributed by atoms with Crippen LogP contribution in [0.4, 0.5) is 11.7 Å². The standard InChI is InChI=1S/C20H18ClN3O5S/c1-28-19(25)6-4-2-3-5-13-11-14(21)7-9-16(13)24-30(26,27)15-8-10-17-18(12-15)29-20(22)23-17/h7-12,24H,2,4,6H2,1H3,(H2,22,23). The van der Waals surface area contributed by atoms with E-state index in [1.807, 2.05) is 0 Å². The van der Waals surface area contributed by atoms with Crippen LogP contribution in [-0.2, 0) is 19.6 Å². The maximum absolute atomic E-state index is 12.8. The third-order valence-corrected chi connectivity index (χ3v) is 5.64. The quantitative estimate of drug-likeness (QED) is 0.336. The molecule has 0 aliphatic carbocycles. The first-order chi connectivity index (χ1) is 14.3. The number of sulfonamides is 1. The Morgan fingerprint density at radius 2 is 2.10 bits per heavy atom. The number of methoxy groups -OCH3 is 1. The van der Waals surface area contributed by atoms with Crippen molar-refractivity contribution in [1.29, 1.82) is 0 Å². The molecule has 0 atom stereocenters. The molecule has 30 heavy (non-hydrogen) atoms. The minimum absolute atomic E-state index is 0.0157. The van der Waals surface area contributed by atoms with Gasteiger partial charge in [0.25, 0.3) is 16.0 Å². The average molecular weight is 448 g/mol. The lowest BCUT2D eigenvalue weighted by molar-refractivity contribution is -0.140. The zero-order valence-electron chi connectivity index (χ0n) is 15.9. The summed E-state index contributed by atoms with van der Waals surface area (Å²) in [6.07, 6.45) is 1.23. The first-order valence-corrected chi connectivity index (χ1v) is 10.7. The molecule has 1 heterocycles. The van der Waals surface area contributed by atoms with Crippen molar-refractivity contribution in [1.82, 2.24) is 4.98 Å². The molecule has 0 aliphatic heterocycles. The van der Waals surface area contributed by atoms with Crippen molar-refractivity contribution >= 4 is 50.4 Å². The number of nitrogen functional groups attached to an aromatic ring is 1. The highest BCUT2D eigenvalue weighted by Crippen LogP contribution is 2.25. The van der Waals surface area contributed by atoms with Gasteiger partial charge in [0.15, 0.2) is 5.58 Å². The molecule has 0 unspecified atom stereocenters. The van der Waals surface area contributed by atoms with Gasteiger partial charge in [-0.05, 0) is 36.8 Å². The minimum Gasteiger partial charge on any atom is -0.469 e. The Kier molecular flexibility index (Phi) is 6.50. The largest absolute Gasteiger partial charge is 0.469 e. The highest BCUT2D eigenvalue weighted by Gasteiger charge is 2.18. The van der Waals surface area contributed by atoms with Crippen molar-refractivity contribution in [3.63, 3.8) is 0 Å². The topological polar surface area (TPSA) is 125 Å². The van der Waals surface area contributed by atoms with E-state index in [-0.39, 0.29) is 34.6 Å². The van der Waals surface area contributed by atoms with Crippen LogP contribution in [0.3, 0.4) is 0 Å². The Balaban J connectivity index is 1.82. The van der Waals surface area contributed by atoms with E-state index in [1.54, 1.807) is 12.1 Å². The van der Waals surface area contributed by atoms with Gasteiger partial charge in [-0.1, -0.05) is 23.4 Å². The van der Waals surface area contributed by atoms with E-state index in [1.165, 1.54) is 31.4 Å². The van der Waals surface area contributed by atoms with E-state index in [0.717, 1.165) is 0 Å². The second-order valence-corrected chi connectivity index (χ2v) is 8.33. The number of carbonyl (C=O) groups excluding carboxylic acids is 1. The molecule has 8 nitrogen and oxygen atoms in total. The van der Waals surface area contributed by atoms with E-state index < -0.39 is 10.0 Å². The van der Waals surface area contributed by atoms with Gasteiger partial charge in [0, 0.05) is 23.9 Å². The van der Waals surface area contributed by atoms with E-state index in [9.17, 15) is 13.2 Å². The summed E-state index contributed by atoms with van der Waals surface area (Å²) in [6, 6.07) is 8.86. The molecule has 0 radical (unpaired) electrons. The number of hydrogen-bond donors (Lipinski definition) is 2. The summed E-state index contributed by atoms with van der Waals surface area (Å²) in [5.74, 6) is 5.50. The number of oxazole rings is 1. The van der Waals surface area contributed by atoms with Crippen LogP contribution in [0.2, 0.25) is 5.02 Å². The van der Waals surface area contributed by atoms with Gasteiger partial charge >= 0.3 is 5.97 Å². The molecule has 0 fully saturated rings. The first kappa shape index (κ1) is 21.5. The fraction of sp³-hybridized carbons (Fsp3) is 0.200. The monoisotopic (exact) mass is 447 g/mol. The molecule has 3 rings (SSSR count). The lowest BCUT2D eigenvalue weighted by atomic mass is 10.1. The maximum Gasteiger partial charge on any atom is 0.305 e. The number of hydrogen-bond acceptors (Lipinski definition) is 7. The summed E-state index contributed by atoms with van der Waals surface area (Å²) in [5, 5.41) is 0.412. The van der Waals surface area contributed by atoms with Crippen molar-refractivity contribution in [3.8, 4) is 11.8 Å². The number of nitrogens with one attached hydrogen (secondary N) is 1. The molecule has 0 aliphatic rings. The zero-order valence-corrected chi connectivity index (χ0v) is 17.5. The first-order valence-electron chi connectivity index (χ1n) is 8.82. The van der Waals surface area contributed by atoms with Gasteiger partial charge in [-0.15, -0.1) is 0 Å². The zero-order chi connectivity index (χ0) is 21.7. The van der Waals surface area contributed by atoms with Gasteiger partial charge in [0.2, 0.25) is 0 Å². The van der Waals surface area contributed by atoms with Gasteiger partial charge in [0.1, 0.15) is 5.52 Å². The van der Waals surface area contributed by atoms with E-state index in [2.05, 4.69) is 26.3 Å². The van der Waals surface area contributed by atoms with Crippen molar-refractivity contribution in [2.75, 3.05) is 17.6 Å². The van der Waals surface area contributed by atoms with Crippen LogP contribution < -0.4 is 10.5 Å². The average Bonchev–Trinajstić information content (AvgIpc) is 3.08. The Morgan fingerprint density at radius 1 is 1.30 bits per heavy atom. The number of fused-ring (bicyclic) bond motifs is 1. The van der Waals surface area contributed by atoms with E-state index >= 15 is 0 Å². The number of carbonyl (C=O) groups is 1.